The van der Waals surface area contributed by atoms with Crippen LogP contribution in [0.1, 0.15) is 17.5 Å². The molecular weight excluding hydrogens is 259 g/mol. The molecule has 1 aromatic rings. The van der Waals surface area contributed by atoms with Crippen molar-refractivity contribution < 1.29 is 9.84 Å². The number of hydrogen-bond acceptors (Lipinski definition) is 2. The molecule has 1 unspecified atom stereocenters. The van der Waals surface area contributed by atoms with Crippen molar-refractivity contribution in [2.24, 2.45) is 0 Å². The number of benzene rings is 1. The van der Waals surface area contributed by atoms with E-state index in [1.165, 1.54) is 0 Å². The topological polar surface area (TPSA) is 29.5 Å². The van der Waals surface area contributed by atoms with E-state index in [1.54, 1.807) is 0 Å². The van der Waals surface area contributed by atoms with E-state index in [0.29, 0.717) is 26.1 Å². The molecule has 0 saturated carbocycles. The van der Waals surface area contributed by atoms with Gasteiger partial charge in [-0.15, -0.1) is 11.6 Å². The fourth-order valence-corrected chi connectivity index (χ4v) is 2.13. The van der Waals surface area contributed by atoms with Crippen LogP contribution in [-0.4, -0.2) is 30.3 Å². The van der Waals surface area contributed by atoms with Gasteiger partial charge in [-0.05, 0) is 37.0 Å². The van der Waals surface area contributed by atoms with Crippen LogP contribution in [0.3, 0.4) is 0 Å². The van der Waals surface area contributed by atoms with E-state index in [4.69, 9.17) is 33.0 Å². The number of rotatable bonds is 7. The van der Waals surface area contributed by atoms with Gasteiger partial charge in [0, 0.05) is 18.2 Å². The first kappa shape index (κ1) is 14.8. The third-order valence-electron chi connectivity index (χ3n) is 2.52. The number of halogens is 2. The van der Waals surface area contributed by atoms with E-state index in [0.717, 1.165) is 16.1 Å². The first-order valence-electron chi connectivity index (χ1n) is 5.71. The summed E-state index contributed by atoms with van der Waals surface area (Å²) in [4.78, 5) is 0. The summed E-state index contributed by atoms with van der Waals surface area (Å²) in [6.45, 7) is 3.20. The molecule has 4 heteroatoms. The Bertz CT molecular complexity index is 322. The highest BCUT2D eigenvalue weighted by molar-refractivity contribution is 6.31. The molecule has 0 heterocycles. The molecule has 1 aromatic carbocycles. The third kappa shape index (κ3) is 5.26. The monoisotopic (exact) mass is 276 g/mol. The van der Waals surface area contributed by atoms with Crippen LogP contribution in [0.25, 0.3) is 0 Å². The van der Waals surface area contributed by atoms with Crippen LogP contribution in [0.15, 0.2) is 18.2 Å². The molecule has 1 N–H and O–H groups in total. The van der Waals surface area contributed by atoms with Crippen LogP contribution in [0, 0.1) is 6.92 Å². The first-order valence-corrected chi connectivity index (χ1v) is 6.53. The zero-order chi connectivity index (χ0) is 12.7. The van der Waals surface area contributed by atoms with Crippen molar-refractivity contribution in [3.63, 3.8) is 0 Å². The van der Waals surface area contributed by atoms with E-state index in [1.807, 2.05) is 25.1 Å². The summed E-state index contributed by atoms with van der Waals surface area (Å²) in [5, 5.41) is 9.27. The van der Waals surface area contributed by atoms with Crippen molar-refractivity contribution in [1.29, 1.82) is 0 Å². The number of aliphatic hydroxyl groups excluding tert-OH is 1. The lowest BCUT2D eigenvalue weighted by Gasteiger charge is -2.13. The molecule has 1 atom stereocenters. The quantitative estimate of drug-likeness (QED) is 0.612. The van der Waals surface area contributed by atoms with E-state index in [9.17, 15) is 0 Å². The minimum absolute atomic E-state index is 0.0905. The van der Waals surface area contributed by atoms with Gasteiger partial charge in [-0.2, -0.15) is 0 Å². The molecule has 0 aliphatic heterocycles. The van der Waals surface area contributed by atoms with Crippen LogP contribution in [0.2, 0.25) is 5.02 Å². The highest BCUT2D eigenvalue weighted by atomic mass is 35.5. The Balaban J connectivity index is 2.42. The van der Waals surface area contributed by atoms with Gasteiger partial charge in [0.15, 0.2) is 0 Å². The first-order chi connectivity index (χ1) is 8.15. The van der Waals surface area contributed by atoms with Crippen LogP contribution in [0.5, 0.6) is 0 Å². The third-order valence-corrected chi connectivity index (χ3v) is 3.16. The molecule has 1 rings (SSSR count). The predicted molar refractivity (Wildman–Crippen MR) is 72.1 cm³/mol. The van der Waals surface area contributed by atoms with Gasteiger partial charge in [0.05, 0.1) is 12.0 Å². The van der Waals surface area contributed by atoms with Crippen molar-refractivity contribution in [3.05, 3.63) is 34.3 Å². The van der Waals surface area contributed by atoms with Crippen molar-refractivity contribution in [1.82, 2.24) is 0 Å². The molecule has 0 amide bonds. The molecule has 17 heavy (non-hydrogen) atoms. The fourth-order valence-electron chi connectivity index (χ4n) is 1.58. The highest BCUT2D eigenvalue weighted by Crippen LogP contribution is 2.22. The second kappa shape index (κ2) is 7.93. The number of alkyl halides is 1. The Morgan fingerprint density at radius 3 is 2.82 bits per heavy atom. The summed E-state index contributed by atoms with van der Waals surface area (Å²) in [5.41, 5.74) is 2.23. The summed E-state index contributed by atoms with van der Waals surface area (Å²) < 4.78 is 5.35. The van der Waals surface area contributed by atoms with Gasteiger partial charge < -0.3 is 9.84 Å². The molecule has 0 aliphatic rings. The van der Waals surface area contributed by atoms with Crippen molar-refractivity contribution in [2.75, 3.05) is 19.8 Å². The van der Waals surface area contributed by atoms with E-state index >= 15 is 0 Å². The number of aliphatic hydroxyl groups is 1. The number of ether oxygens (including phenoxy) is 1. The molecule has 2 nitrogen and oxygen atoms in total. The Kier molecular flexibility index (Phi) is 6.90. The molecule has 0 aromatic heterocycles. The van der Waals surface area contributed by atoms with Crippen LogP contribution >= 0.6 is 23.2 Å². The van der Waals surface area contributed by atoms with Gasteiger partial charge in [-0.1, -0.05) is 23.7 Å². The maximum absolute atomic E-state index is 8.61. The lowest BCUT2D eigenvalue weighted by atomic mass is 10.0. The summed E-state index contributed by atoms with van der Waals surface area (Å²) in [6.07, 6.45) is 1.35. The summed E-state index contributed by atoms with van der Waals surface area (Å²) in [5.74, 6) is 0. The molecule has 0 aliphatic carbocycles. The molecule has 96 valence electrons. The molecule has 0 spiro atoms. The second-order valence-electron chi connectivity index (χ2n) is 3.99. The Hall–Kier alpha value is -0.280. The highest BCUT2D eigenvalue weighted by Gasteiger charge is 2.11. The summed E-state index contributed by atoms with van der Waals surface area (Å²) >= 11 is 12.3. The van der Waals surface area contributed by atoms with E-state index in [-0.39, 0.29) is 12.0 Å². The zero-order valence-corrected chi connectivity index (χ0v) is 11.5. The van der Waals surface area contributed by atoms with E-state index in [2.05, 4.69) is 0 Å². The minimum Gasteiger partial charge on any atom is -0.396 e. The lowest BCUT2D eigenvalue weighted by Crippen LogP contribution is -2.14. The normalized spacial score (nSPS) is 12.7. The van der Waals surface area contributed by atoms with Crippen molar-refractivity contribution in [2.45, 2.75) is 25.1 Å². The lowest BCUT2D eigenvalue weighted by molar-refractivity contribution is 0.116. The largest absolute Gasteiger partial charge is 0.396 e. The van der Waals surface area contributed by atoms with Crippen molar-refractivity contribution >= 4 is 23.2 Å². The Labute approximate surface area is 113 Å². The Morgan fingerprint density at radius 2 is 2.18 bits per heavy atom. The van der Waals surface area contributed by atoms with Crippen molar-refractivity contribution in [3.8, 4) is 0 Å². The number of aryl methyl sites for hydroxylation is 1. The van der Waals surface area contributed by atoms with Crippen LogP contribution in [0.4, 0.5) is 0 Å². The molecule has 0 bridgehead atoms. The minimum atomic E-state index is -0.0905. The van der Waals surface area contributed by atoms with E-state index < -0.39 is 0 Å². The smallest absolute Gasteiger partial charge is 0.0633 e. The maximum atomic E-state index is 8.61. The maximum Gasteiger partial charge on any atom is 0.0633 e. The zero-order valence-electron chi connectivity index (χ0n) is 9.96. The molecular formula is C13H18Cl2O2. The van der Waals surface area contributed by atoms with Gasteiger partial charge in [0.1, 0.15) is 0 Å². The SMILES string of the molecule is Cc1cccc(Cl)c1CC(Cl)COCCCO. The molecule has 0 fully saturated rings. The predicted octanol–water partition coefficient (Wildman–Crippen LogP) is 3.20. The van der Waals surface area contributed by atoms with Gasteiger partial charge in [0.25, 0.3) is 0 Å². The van der Waals surface area contributed by atoms with Crippen LogP contribution < -0.4 is 0 Å². The Morgan fingerprint density at radius 1 is 1.41 bits per heavy atom. The average Bonchev–Trinajstić information content (AvgIpc) is 2.30. The van der Waals surface area contributed by atoms with Crippen LogP contribution in [-0.2, 0) is 11.2 Å². The number of hydrogen-bond donors (Lipinski definition) is 1. The van der Waals surface area contributed by atoms with Gasteiger partial charge in [0.2, 0.25) is 0 Å². The average molecular weight is 277 g/mol. The van der Waals surface area contributed by atoms with Gasteiger partial charge >= 0.3 is 0 Å². The van der Waals surface area contributed by atoms with Gasteiger partial charge in [-0.3, -0.25) is 0 Å². The van der Waals surface area contributed by atoms with Gasteiger partial charge in [-0.25, -0.2) is 0 Å². The standard InChI is InChI=1S/C13H18Cl2O2/c1-10-4-2-5-13(15)12(10)8-11(14)9-17-7-3-6-16/h2,4-5,11,16H,3,6-9H2,1H3. The second-order valence-corrected chi connectivity index (χ2v) is 5.01. The summed E-state index contributed by atoms with van der Waals surface area (Å²) in [7, 11) is 0. The fraction of sp³-hybridized carbons (Fsp3) is 0.538. The summed E-state index contributed by atoms with van der Waals surface area (Å²) in [6, 6.07) is 5.83. The molecule has 0 saturated heterocycles. The molecule has 0 radical (unpaired) electrons.